The van der Waals surface area contributed by atoms with E-state index in [9.17, 15) is 33.9 Å². The average molecular weight is 817 g/mol. The number of carbonyl (C=O) groups excluding carboxylic acids is 6. The van der Waals surface area contributed by atoms with Gasteiger partial charge in [-0.1, -0.05) is 135 Å². The summed E-state index contributed by atoms with van der Waals surface area (Å²) in [6.45, 7) is 20.9. The third-order valence-corrected chi connectivity index (χ3v) is 10.0. The molecule has 59 heavy (non-hydrogen) atoms. The van der Waals surface area contributed by atoms with Gasteiger partial charge in [0.2, 0.25) is 0 Å². The first-order chi connectivity index (χ1) is 27.0. The predicted octanol–water partition coefficient (Wildman–Crippen LogP) is 5.91. The molecule has 2 unspecified atom stereocenters. The number of ether oxygens (including phenoxy) is 2. The Morgan fingerprint density at radius 3 is 1.27 bits per heavy atom. The number of Topliss-reactive ketones (excluding diaryl/α,β-unsaturated/α-hetero) is 3. The van der Waals surface area contributed by atoms with Gasteiger partial charge in [-0.15, -0.1) is 0 Å². The number of carboxylic acid groups (broad SMARTS) is 1. The van der Waals surface area contributed by atoms with Crippen molar-refractivity contribution in [1.29, 1.82) is 0 Å². The summed E-state index contributed by atoms with van der Waals surface area (Å²) < 4.78 is 10.8. The van der Waals surface area contributed by atoms with E-state index >= 15 is 0 Å². The zero-order chi connectivity index (χ0) is 43.8. The summed E-state index contributed by atoms with van der Waals surface area (Å²) in [5.74, 6) is -3.16. The van der Waals surface area contributed by atoms with E-state index < -0.39 is 42.0 Å². The summed E-state index contributed by atoms with van der Waals surface area (Å²) in [6, 6.07) is 0. The minimum Gasteiger partial charge on any atom is -0.550 e. The van der Waals surface area contributed by atoms with Crippen LogP contribution in [-0.2, 0) is 38.2 Å². The Bertz CT molecular complexity index is 1820. The topological polar surface area (TPSA) is 144 Å². The fourth-order valence-corrected chi connectivity index (χ4v) is 6.67. The second-order valence-electron chi connectivity index (χ2n) is 16.4. The molecular weight excluding hydrogens is 756 g/mol. The molecule has 0 aromatic heterocycles. The average Bonchev–Trinajstić information content (AvgIpc) is 3.12. The fourth-order valence-electron chi connectivity index (χ4n) is 6.67. The van der Waals surface area contributed by atoms with Crippen LogP contribution in [-0.4, -0.2) is 47.5 Å². The van der Waals surface area contributed by atoms with Crippen molar-refractivity contribution in [2.75, 3.05) is 0 Å². The minimum absolute atomic E-state index is 0. The molecule has 0 aromatic carbocycles. The van der Waals surface area contributed by atoms with Crippen molar-refractivity contribution in [3.63, 3.8) is 0 Å². The number of ketones is 3. The Balaban J connectivity index is 0.0000174. The van der Waals surface area contributed by atoms with Gasteiger partial charge >= 0.3 is 41.5 Å². The maximum absolute atomic E-state index is 13.0. The van der Waals surface area contributed by atoms with Crippen LogP contribution < -0.4 is 34.7 Å². The Labute approximate surface area is 373 Å². The van der Waals surface area contributed by atoms with Gasteiger partial charge in [0.15, 0.2) is 23.8 Å². The van der Waals surface area contributed by atoms with Crippen molar-refractivity contribution in [2.24, 2.45) is 10.8 Å². The summed E-state index contributed by atoms with van der Waals surface area (Å²) >= 11 is 0. The maximum Gasteiger partial charge on any atom is 1.00 e. The maximum atomic E-state index is 13.0. The first-order valence-electron chi connectivity index (χ1n) is 19.7. The molecule has 0 saturated heterocycles. The second-order valence-corrected chi connectivity index (χ2v) is 16.4. The number of carboxylic acids is 1. The second kappa shape index (κ2) is 24.6. The van der Waals surface area contributed by atoms with Crippen LogP contribution >= 0.6 is 0 Å². The quantitative estimate of drug-likeness (QED) is 0.0938. The van der Waals surface area contributed by atoms with E-state index in [-0.39, 0.29) is 71.6 Å². The van der Waals surface area contributed by atoms with Gasteiger partial charge in [0.1, 0.15) is 5.78 Å². The van der Waals surface area contributed by atoms with Crippen LogP contribution in [0.3, 0.4) is 0 Å². The summed E-state index contributed by atoms with van der Waals surface area (Å²) in [7, 11) is 0. The van der Waals surface area contributed by atoms with E-state index in [0.717, 1.165) is 33.4 Å². The number of esters is 2. The van der Waals surface area contributed by atoms with Crippen molar-refractivity contribution in [3.8, 4) is 0 Å². The smallest absolute Gasteiger partial charge is 0.550 e. The molecule has 0 aliphatic heterocycles. The van der Waals surface area contributed by atoms with Gasteiger partial charge in [-0.25, -0.2) is 0 Å². The van der Waals surface area contributed by atoms with Crippen LogP contribution in [0, 0.1) is 10.8 Å². The van der Waals surface area contributed by atoms with Crippen molar-refractivity contribution >= 4 is 35.3 Å². The van der Waals surface area contributed by atoms with Crippen LogP contribution in [0.4, 0.5) is 0 Å². The number of hydrogen-bond acceptors (Lipinski definition) is 9. The standard InChI is InChI=1S/C49H62O9.Na/c1-32(18-14-20-34(3)22-25-39-37(6)46(55)41(30-48(39,8)9)57-44(53)28-24-36(5)50)16-12-13-17-33(2)19-15-21-35(4)23-26-40-38(7)47(56)42(31-49(40,10)11)58-45(54)29-27-43(51)52;/h12-23,25-26,41-42H,24,27-31H2,1-11H3,(H,51,52);/q;+1/p-1/b13-12+,18-14+,19-15+,25-22+,26-23+,32-16+,33-17+,34-20+,35-21+;. The van der Waals surface area contributed by atoms with Crippen LogP contribution in [0.25, 0.3) is 0 Å². The number of hydrogen-bond donors (Lipinski definition) is 0. The molecule has 0 N–H and O–H groups in total. The fraction of sp³-hybridized carbons (Fsp3) is 0.429. The molecule has 0 bridgehead atoms. The van der Waals surface area contributed by atoms with E-state index in [1.807, 2.05) is 140 Å². The van der Waals surface area contributed by atoms with Crippen molar-refractivity contribution in [2.45, 2.75) is 127 Å². The van der Waals surface area contributed by atoms with E-state index in [1.54, 1.807) is 13.8 Å². The van der Waals surface area contributed by atoms with Crippen LogP contribution in [0.1, 0.15) is 115 Å². The third-order valence-electron chi connectivity index (χ3n) is 10.0. The molecule has 2 atom stereocenters. The van der Waals surface area contributed by atoms with Gasteiger partial charge in [0, 0.05) is 25.2 Å². The van der Waals surface area contributed by atoms with Gasteiger partial charge in [0.05, 0.1) is 12.8 Å². The summed E-state index contributed by atoms with van der Waals surface area (Å²) in [4.78, 5) is 72.1. The van der Waals surface area contributed by atoms with E-state index in [2.05, 4.69) is 0 Å². The Hall–Kier alpha value is -4.44. The monoisotopic (exact) mass is 816 g/mol. The molecule has 0 spiro atoms. The van der Waals surface area contributed by atoms with Crippen molar-refractivity contribution in [3.05, 3.63) is 130 Å². The molecule has 10 heteroatoms. The van der Waals surface area contributed by atoms with Crippen LogP contribution in [0.15, 0.2) is 130 Å². The zero-order valence-corrected chi connectivity index (χ0v) is 39.2. The molecule has 0 fully saturated rings. The Kier molecular flexibility index (Phi) is 21.9. The molecule has 2 rings (SSSR count). The van der Waals surface area contributed by atoms with Gasteiger partial charge in [0.25, 0.3) is 0 Å². The van der Waals surface area contributed by atoms with E-state index in [4.69, 9.17) is 9.47 Å². The number of carbonyl (C=O) groups is 6. The van der Waals surface area contributed by atoms with Crippen molar-refractivity contribution in [1.82, 2.24) is 0 Å². The SMILES string of the molecule is CC(=O)CCC(=O)OC1CC(C)(C)C(/C=C/C(C)=C/C=C/C(C)=C/C=C/C=C(C)/C=C/C=C(C)/C=C/C2=C(C)C(=O)C(OC(=O)CCC(=O)[O-])CC2(C)C)=C(C)C1=O.[Na+]. The molecule has 0 radical (unpaired) electrons. The Morgan fingerprint density at radius 1 is 0.576 bits per heavy atom. The Morgan fingerprint density at radius 2 is 0.915 bits per heavy atom. The molecule has 0 amide bonds. The molecule has 0 saturated carbocycles. The summed E-state index contributed by atoms with van der Waals surface area (Å²) in [5.41, 5.74) is 6.17. The molecule has 2 aliphatic rings. The van der Waals surface area contributed by atoms with Crippen LogP contribution in [0.2, 0.25) is 0 Å². The van der Waals surface area contributed by atoms with Crippen LogP contribution in [0.5, 0.6) is 0 Å². The molecule has 312 valence electrons. The predicted molar refractivity (Wildman–Crippen MR) is 227 cm³/mol. The molecule has 9 nitrogen and oxygen atoms in total. The number of rotatable bonds is 18. The third kappa shape index (κ3) is 18.2. The van der Waals surface area contributed by atoms with Gasteiger partial charge in [-0.2, -0.15) is 0 Å². The van der Waals surface area contributed by atoms with Crippen molar-refractivity contribution < 1.29 is 72.9 Å². The van der Waals surface area contributed by atoms with Gasteiger partial charge in [-0.05, 0) is 88.0 Å². The molecule has 0 heterocycles. The van der Waals surface area contributed by atoms with Gasteiger partial charge in [-0.3, -0.25) is 19.2 Å². The number of allylic oxidation sites excluding steroid dienone is 20. The molecular formula is C49H61NaO9. The summed E-state index contributed by atoms with van der Waals surface area (Å²) in [6.07, 6.45) is 26.0. The van der Waals surface area contributed by atoms with E-state index in [0.29, 0.717) is 24.0 Å². The molecule has 2 aliphatic carbocycles. The van der Waals surface area contributed by atoms with E-state index in [1.165, 1.54) is 6.92 Å². The first kappa shape index (κ1) is 52.6. The largest absolute Gasteiger partial charge is 1.00 e. The van der Waals surface area contributed by atoms with Gasteiger partial charge < -0.3 is 24.2 Å². The zero-order valence-electron chi connectivity index (χ0n) is 37.2. The normalized spacial score (nSPS) is 20.7. The minimum atomic E-state index is -1.34. The first-order valence-corrected chi connectivity index (χ1v) is 19.7. The summed E-state index contributed by atoms with van der Waals surface area (Å²) in [5, 5.41) is 10.7. The number of aliphatic carboxylic acids is 1. The molecule has 0 aromatic rings.